The summed E-state index contributed by atoms with van der Waals surface area (Å²) in [6.07, 6.45) is 1.41. The van der Waals surface area contributed by atoms with Crippen LogP contribution in [0.2, 0.25) is 0 Å². The van der Waals surface area contributed by atoms with E-state index in [-0.39, 0.29) is 28.1 Å². The number of nitrogens with one attached hydrogen (secondary N) is 1. The average molecular weight is 369 g/mol. The molecule has 3 N–H and O–H groups in total. The zero-order valence-corrected chi connectivity index (χ0v) is 14.3. The lowest BCUT2D eigenvalue weighted by Crippen LogP contribution is -2.30. The largest absolute Gasteiger partial charge is 0.496 e. The van der Waals surface area contributed by atoms with Gasteiger partial charge in [0.2, 0.25) is 10.0 Å². The monoisotopic (exact) mass is 368 g/mol. The maximum atomic E-state index is 12.2. The first-order valence-electron chi connectivity index (χ1n) is 6.48. The van der Waals surface area contributed by atoms with E-state index < -0.39 is 15.9 Å². The number of ether oxygens (including phenoxy) is 1. The molecule has 1 aromatic rings. The maximum Gasteiger partial charge on any atom is 0.255 e. The van der Waals surface area contributed by atoms with Crippen LogP contribution in [0.15, 0.2) is 23.1 Å². The molecule has 9 heteroatoms. The normalized spacial score (nSPS) is 12.7. The van der Waals surface area contributed by atoms with E-state index >= 15 is 0 Å². The summed E-state index contributed by atoms with van der Waals surface area (Å²) < 4.78 is 27.8. The number of alkyl halides is 2. The Labute approximate surface area is 140 Å². The van der Waals surface area contributed by atoms with Crippen molar-refractivity contribution in [2.24, 2.45) is 5.14 Å². The molecule has 0 fully saturated rings. The Bertz CT molecular complexity index is 622. The molecule has 0 aliphatic carbocycles. The van der Waals surface area contributed by atoms with Crippen molar-refractivity contribution in [3.8, 4) is 5.75 Å². The van der Waals surface area contributed by atoms with Crippen molar-refractivity contribution < 1.29 is 17.9 Å². The van der Waals surface area contributed by atoms with Crippen LogP contribution in [0, 0.1) is 0 Å². The topological polar surface area (TPSA) is 98.5 Å². The quantitative estimate of drug-likeness (QED) is 0.682. The molecule has 1 amide bonds. The highest BCUT2D eigenvalue weighted by Crippen LogP contribution is 2.22. The number of nitrogens with two attached hydrogens (primary N) is 1. The first-order valence-corrected chi connectivity index (χ1v) is 9.00. The Kier molecular flexibility index (Phi) is 7.41. The zero-order valence-electron chi connectivity index (χ0n) is 12.0. The first-order chi connectivity index (χ1) is 10.3. The number of benzene rings is 1. The Morgan fingerprint density at radius 3 is 2.68 bits per heavy atom. The van der Waals surface area contributed by atoms with Crippen LogP contribution in [0.5, 0.6) is 5.75 Å². The summed E-state index contributed by atoms with van der Waals surface area (Å²) in [6.45, 7) is 0.236. The van der Waals surface area contributed by atoms with Crippen LogP contribution < -0.4 is 15.2 Å². The van der Waals surface area contributed by atoms with E-state index in [1.165, 1.54) is 25.3 Å². The molecular weight excluding hydrogens is 351 g/mol. The molecule has 1 aromatic carbocycles. The number of rotatable bonds is 8. The maximum absolute atomic E-state index is 12.2. The molecule has 0 spiro atoms. The number of methoxy groups -OCH3 is 1. The lowest BCUT2D eigenvalue weighted by molar-refractivity contribution is 0.0950. The number of hydrogen-bond acceptors (Lipinski definition) is 4. The summed E-state index contributed by atoms with van der Waals surface area (Å²) in [5.74, 6) is 0.261. The van der Waals surface area contributed by atoms with Gasteiger partial charge in [-0.25, -0.2) is 13.6 Å². The highest BCUT2D eigenvalue weighted by Gasteiger charge is 2.18. The predicted octanol–water partition coefficient (Wildman–Crippen LogP) is 1.70. The predicted molar refractivity (Wildman–Crippen MR) is 86.3 cm³/mol. The van der Waals surface area contributed by atoms with Crippen LogP contribution in [0.3, 0.4) is 0 Å². The summed E-state index contributed by atoms with van der Waals surface area (Å²) in [6, 6.07) is 3.82. The number of amides is 1. The number of carbonyl (C=O) groups excluding carboxylic acids is 1. The van der Waals surface area contributed by atoms with E-state index in [4.69, 9.17) is 33.1 Å². The minimum absolute atomic E-state index is 0.0789. The molecule has 0 bridgehead atoms. The van der Waals surface area contributed by atoms with Gasteiger partial charge in [-0.2, -0.15) is 0 Å². The van der Waals surface area contributed by atoms with E-state index in [0.29, 0.717) is 12.3 Å². The number of carbonyl (C=O) groups is 1. The molecule has 0 saturated heterocycles. The van der Waals surface area contributed by atoms with Crippen molar-refractivity contribution in [2.45, 2.75) is 23.1 Å². The van der Waals surface area contributed by atoms with Crippen LogP contribution in [0.25, 0.3) is 0 Å². The van der Waals surface area contributed by atoms with Gasteiger partial charge in [-0.05, 0) is 31.0 Å². The fourth-order valence-electron chi connectivity index (χ4n) is 1.74. The molecule has 1 rings (SSSR count). The van der Waals surface area contributed by atoms with Gasteiger partial charge >= 0.3 is 0 Å². The van der Waals surface area contributed by atoms with Crippen molar-refractivity contribution in [1.82, 2.24) is 5.32 Å². The van der Waals surface area contributed by atoms with Crippen LogP contribution in [0.4, 0.5) is 0 Å². The fraction of sp³-hybridized carbons (Fsp3) is 0.462. The van der Waals surface area contributed by atoms with E-state index in [9.17, 15) is 13.2 Å². The fourth-order valence-corrected chi connectivity index (χ4v) is 2.67. The van der Waals surface area contributed by atoms with Crippen molar-refractivity contribution in [3.05, 3.63) is 23.8 Å². The Morgan fingerprint density at radius 1 is 1.45 bits per heavy atom. The Balaban J connectivity index is 2.87. The standard InChI is InChI=1S/C13H18Cl2N2O4S/c1-21-12-5-4-10(22(16,19)20)7-11(12)13(18)17-8-9(15)3-2-6-14/h4-5,7,9H,2-3,6,8H2,1H3,(H,17,18)(H2,16,19,20). The van der Waals surface area contributed by atoms with E-state index in [1.807, 2.05) is 0 Å². The lowest BCUT2D eigenvalue weighted by Gasteiger charge is -2.13. The van der Waals surface area contributed by atoms with Crippen molar-refractivity contribution in [2.75, 3.05) is 19.5 Å². The van der Waals surface area contributed by atoms with Crippen molar-refractivity contribution in [3.63, 3.8) is 0 Å². The van der Waals surface area contributed by atoms with E-state index in [0.717, 1.165) is 6.42 Å². The lowest BCUT2D eigenvalue weighted by atomic mass is 10.1. The van der Waals surface area contributed by atoms with Gasteiger partial charge in [-0.3, -0.25) is 4.79 Å². The SMILES string of the molecule is COc1ccc(S(N)(=O)=O)cc1C(=O)NCC(Cl)CCCCl. The Hall–Kier alpha value is -1.02. The van der Waals surface area contributed by atoms with Crippen molar-refractivity contribution in [1.29, 1.82) is 0 Å². The van der Waals surface area contributed by atoms with Gasteiger partial charge in [0.1, 0.15) is 5.75 Å². The third-order valence-electron chi connectivity index (χ3n) is 2.88. The van der Waals surface area contributed by atoms with Crippen molar-refractivity contribution >= 4 is 39.1 Å². The molecule has 1 atom stereocenters. The highest BCUT2D eigenvalue weighted by molar-refractivity contribution is 7.89. The van der Waals surface area contributed by atoms with E-state index in [2.05, 4.69) is 5.32 Å². The van der Waals surface area contributed by atoms with Crippen LogP contribution in [0.1, 0.15) is 23.2 Å². The minimum Gasteiger partial charge on any atom is -0.496 e. The van der Waals surface area contributed by atoms with Gasteiger partial charge in [-0.1, -0.05) is 0 Å². The summed E-state index contributed by atoms with van der Waals surface area (Å²) >= 11 is 11.6. The van der Waals surface area contributed by atoms with Gasteiger partial charge in [0.15, 0.2) is 0 Å². The molecule has 0 aromatic heterocycles. The summed E-state index contributed by atoms with van der Waals surface area (Å²) in [5.41, 5.74) is 0.0789. The van der Waals surface area contributed by atoms with Gasteiger partial charge in [-0.15, -0.1) is 23.2 Å². The summed E-state index contributed by atoms with van der Waals surface area (Å²) in [4.78, 5) is 12.0. The third kappa shape index (κ3) is 5.64. The molecule has 124 valence electrons. The van der Waals surface area contributed by atoms with Gasteiger partial charge < -0.3 is 10.1 Å². The molecule has 0 saturated carbocycles. The molecule has 0 aliphatic heterocycles. The smallest absolute Gasteiger partial charge is 0.255 e. The molecule has 0 aliphatic rings. The average Bonchev–Trinajstić information content (AvgIpc) is 2.48. The van der Waals surface area contributed by atoms with Gasteiger partial charge in [0.05, 0.1) is 22.9 Å². The van der Waals surface area contributed by atoms with Crippen LogP contribution >= 0.6 is 23.2 Å². The number of sulfonamides is 1. The van der Waals surface area contributed by atoms with Gasteiger partial charge in [0.25, 0.3) is 5.91 Å². The number of hydrogen-bond donors (Lipinski definition) is 2. The number of primary sulfonamides is 1. The number of halogens is 2. The highest BCUT2D eigenvalue weighted by atomic mass is 35.5. The zero-order chi connectivity index (χ0) is 16.8. The van der Waals surface area contributed by atoms with Gasteiger partial charge in [0, 0.05) is 12.4 Å². The second-order valence-electron chi connectivity index (χ2n) is 4.55. The minimum atomic E-state index is -3.90. The first kappa shape index (κ1) is 19.0. The molecule has 6 nitrogen and oxygen atoms in total. The second-order valence-corrected chi connectivity index (χ2v) is 7.10. The molecule has 1 unspecified atom stereocenters. The molecule has 0 radical (unpaired) electrons. The molecule has 22 heavy (non-hydrogen) atoms. The van der Waals surface area contributed by atoms with Crippen LogP contribution in [-0.4, -0.2) is 39.2 Å². The Morgan fingerprint density at radius 2 is 2.14 bits per heavy atom. The molecular formula is C13H18Cl2N2O4S. The van der Waals surface area contributed by atoms with E-state index in [1.54, 1.807) is 0 Å². The summed E-state index contributed by atoms with van der Waals surface area (Å²) in [7, 11) is -2.52. The van der Waals surface area contributed by atoms with Crippen LogP contribution in [-0.2, 0) is 10.0 Å². The second kappa shape index (κ2) is 8.57. The summed E-state index contributed by atoms with van der Waals surface area (Å²) in [5, 5.41) is 7.44. The third-order valence-corrected chi connectivity index (χ3v) is 4.43. The molecule has 0 heterocycles.